The molecule has 0 saturated heterocycles. The van der Waals surface area contributed by atoms with Crippen molar-refractivity contribution in [3.63, 3.8) is 0 Å². The predicted molar refractivity (Wildman–Crippen MR) is 95.2 cm³/mol. The summed E-state index contributed by atoms with van der Waals surface area (Å²) >= 11 is 5.88. The molecule has 0 aliphatic rings. The van der Waals surface area contributed by atoms with Crippen LogP contribution in [0.5, 0.6) is 0 Å². The number of carbonyl (C=O) groups is 1. The normalized spacial score (nSPS) is 12.0. The molecule has 1 atom stereocenters. The van der Waals surface area contributed by atoms with Crippen molar-refractivity contribution in [3.05, 3.63) is 41.7 Å². The van der Waals surface area contributed by atoms with Crippen molar-refractivity contribution in [1.82, 2.24) is 9.78 Å². The van der Waals surface area contributed by atoms with Crippen LogP contribution < -0.4 is 10.2 Å². The maximum Gasteiger partial charge on any atom is 0.249 e. The van der Waals surface area contributed by atoms with Crippen molar-refractivity contribution < 1.29 is 4.79 Å². The lowest BCUT2D eigenvalue weighted by Crippen LogP contribution is -2.26. The van der Waals surface area contributed by atoms with Crippen LogP contribution in [0.25, 0.3) is 0 Å². The third kappa shape index (κ3) is 4.26. The Labute approximate surface area is 142 Å². The summed E-state index contributed by atoms with van der Waals surface area (Å²) < 4.78 is 1.60. The lowest BCUT2D eigenvalue weighted by Gasteiger charge is -2.21. The molecule has 124 valence electrons. The monoisotopic (exact) mass is 334 g/mol. The van der Waals surface area contributed by atoms with Crippen molar-refractivity contribution in [1.29, 1.82) is 0 Å². The fourth-order valence-electron chi connectivity index (χ4n) is 2.55. The standard InChI is InChI=1S/C17H23ClN4O/c1-4-16(22-12-13(18)11-19-22)17(23)20-14-7-9-15(10-8-14)21(5-2)6-3/h7-12,16H,4-6H2,1-3H3,(H,20,23). The molecule has 0 aliphatic carbocycles. The minimum Gasteiger partial charge on any atom is -0.372 e. The van der Waals surface area contributed by atoms with Crippen LogP contribution in [0, 0.1) is 0 Å². The van der Waals surface area contributed by atoms with Gasteiger partial charge in [0.25, 0.3) is 0 Å². The number of carbonyl (C=O) groups excluding carboxylic acids is 1. The van der Waals surface area contributed by atoms with E-state index in [4.69, 9.17) is 11.6 Å². The number of hydrogen-bond acceptors (Lipinski definition) is 3. The van der Waals surface area contributed by atoms with Crippen LogP contribution in [0.2, 0.25) is 5.02 Å². The molecule has 6 heteroatoms. The van der Waals surface area contributed by atoms with Crippen molar-refractivity contribution in [3.8, 4) is 0 Å². The minimum absolute atomic E-state index is 0.0946. The Balaban J connectivity index is 2.07. The second-order valence-electron chi connectivity index (χ2n) is 5.27. The summed E-state index contributed by atoms with van der Waals surface area (Å²) in [6.45, 7) is 8.12. The number of anilines is 2. The summed E-state index contributed by atoms with van der Waals surface area (Å²) in [7, 11) is 0. The average molecular weight is 335 g/mol. The van der Waals surface area contributed by atoms with E-state index in [2.05, 4.69) is 29.2 Å². The van der Waals surface area contributed by atoms with Gasteiger partial charge in [0.05, 0.1) is 11.2 Å². The fourth-order valence-corrected chi connectivity index (χ4v) is 2.69. The van der Waals surface area contributed by atoms with Crippen LogP contribution in [0.3, 0.4) is 0 Å². The van der Waals surface area contributed by atoms with Gasteiger partial charge in [-0.25, -0.2) is 0 Å². The third-order valence-corrected chi connectivity index (χ3v) is 4.04. The van der Waals surface area contributed by atoms with E-state index in [9.17, 15) is 4.79 Å². The Morgan fingerprint density at radius 1 is 1.26 bits per heavy atom. The van der Waals surface area contributed by atoms with Crippen molar-refractivity contribution >= 4 is 28.9 Å². The highest BCUT2D eigenvalue weighted by atomic mass is 35.5. The van der Waals surface area contributed by atoms with E-state index < -0.39 is 0 Å². The van der Waals surface area contributed by atoms with E-state index in [-0.39, 0.29) is 11.9 Å². The molecule has 1 heterocycles. The number of nitrogens with one attached hydrogen (secondary N) is 1. The number of benzene rings is 1. The summed E-state index contributed by atoms with van der Waals surface area (Å²) in [6.07, 6.45) is 3.84. The average Bonchev–Trinajstić information content (AvgIpc) is 2.97. The molecule has 1 amide bonds. The lowest BCUT2D eigenvalue weighted by atomic mass is 10.2. The number of rotatable bonds is 7. The third-order valence-electron chi connectivity index (χ3n) is 3.84. The first-order valence-corrected chi connectivity index (χ1v) is 8.32. The summed E-state index contributed by atoms with van der Waals surface area (Å²) in [6, 6.07) is 7.52. The van der Waals surface area contributed by atoms with Gasteiger partial charge in [-0.3, -0.25) is 9.48 Å². The first-order chi connectivity index (χ1) is 11.1. The summed E-state index contributed by atoms with van der Waals surface area (Å²) in [5.74, 6) is -0.0946. The Morgan fingerprint density at radius 3 is 2.39 bits per heavy atom. The van der Waals surface area contributed by atoms with Gasteiger partial charge in [0.1, 0.15) is 6.04 Å². The smallest absolute Gasteiger partial charge is 0.249 e. The molecule has 0 spiro atoms. The molecule has 0 saturated carbocycles. The van der Waals surface area contributed by atoms with Crippen LogP contribution >= 0.6 is 11.6 Å². The lowest BCUT2D eigenvalue weighted by molar-refractivity contribution is -0.119. The largest absolute Gasteiger partial charge is 0.372 e. The van der Waals surface area contributed by atoms with Gasteiger partial charge in [0.2, 0.25) is 5.91 Å². The van der Waals surface area contributed by atoms with Gasteiger partial charge in [-0.2, -0.15) is 5.10 Å². The van der Waals surface area contributed by atoms with E-state index in [1.165, 1.54) is 6.20 Å². The molecular formula is C17H23ClN4O. The highest BCUT2D eigenvalue weighted by Crippen LogP contribution is 2.20. The molecule has 5 nitrogen and oxygen atoms in total. The topological polar surface area (TPSA) is 50.2 Å². The van der Waals surface area contributed by atoms with Gasteiger partial charge in [-0.15, -0.1) is 0 Å². The Hall–Kier alpha value is -2.01. The van der Waals surface area contributed by atoms with Gasteiger partial charge >= 0.3 is 0 Å². The zero-order valence-corrected chi connectivity index (χ0v) is 14.5. The predicted octanol–water partition coefficient (Wildman–Crippen LogP) is 3.97. The maximum atomic E-state index is 12.5. The second-order valence-corrected chi connectivity index (χ2v) is 5.71. The molecule has 1 unspecified atom stereocenters. The molecule has 1 aromatic carbocycles. The number of nitrogens with zero attached hydrogens (tertiary/aromatic N) is 3. The highest BCUT2D eigenvalue weighted by molar-refractivity contribution is 6.30. The molecule has 1 N–H and O–H groups in total. The van der Waals surface area contributed by atoms with Crippen molar-refractivity contribution in [2.24, 2.45) is 0 Å². The van der Waals surface area contributed by atoms with Crippen LogP contribution in [-0.2, 0) is 4.79 Å². The molecule has 0 fully saturated rings. The molecule has 1 aromatic heterocycles. The SMILES string of the molecule is CCC(C(=O)Nc1ccc(N(CC)CC)cc1)n1cc(Cl)cn1. The van der Waals surface area contributed by atoms with E-state index in [1.807, 2.05) is 31.2 Å². The first-order valence-electron chi connectivity index (χ1n) is 7.94. The van der Waals surface area contributed by atoms with Crippen LogP contribution in [0.15, 0.2) is 36.7 Å². The zero-order valence-electron chi connectivity index (χ0n) is 13.8. The molecule has 2 rings (SSSR count). The summed E-state index contributed by atoms with van der Waals surface area (Å²) in [5.41, 5.74) is 1.93. The minimum atomic E-state index is -0.370. The fraction of sp³-hybridized carbons (Fsp3) is 0.412. The van der Waals surface area contributed by atoms with E-state index in [1.54, 1.807) is 10.9 Å². The van der Waals surface area contributed by atoms with Crippen LogP contribution in [-0.4, -0.2) is 28.8 Å². The number of halogens is 1. The van der Waals surface area contributed by atoms with Crippen LogP contribution in [0.1, 0.15) is 33.2 Å². The van der Waals surface area contributed by atoms with E-state index in [0.29, 0.717) is 11.4 Å². The molecule has 23 heavy (non-hydrogen) atoms. The van der Waals surface area contributed by atoms with Gasteiger partial charge in [-0.1, -0.05) is 18.5 Å². The van der Waals surface area contributed by atoms with Crippen molar-refractivity contribution in [2.45, 2.75) is 33.2 Å². The molecule has 0 bridgehead atoms. The molecular weight excluding hydrogens is 312 g/mol. The molecule has 0 aliphatic heterocycles. The Kier molecular flexibility index (Phi) is 6.04. The van der Waals surface area contributed by atoms with Gasteiger partial charge in [-0.05, 0) is 44.5 Å². The summed E-state index contributed by atoms with van der Waals surface area (Å²) in [5, 5.41) is 7.60. The number of hydrogen-bond donors (Lipinski definition) is 1. The van der Waals surface area contributed by atoms with Gasteiger partial charge in [0.15, 0.2) is 0 Å². The zero-order chi connectivity index (χ0) is 16.8. The Morgan fingerprint density at radius 2 is 1.91 bits per heavy atom. The quantitative estimate of drug-likeness (QED) is 0.833. The van der Waals surface area contributed by atoms with E-state index in [0.717, 1.165) is 24.5 Å². The van der Waals surface area contributed by atoms with E-state index >= 15 is 0 Å². The first kappa shape index (κ1) is 17.3. The van der Waals surface area contributed by atoms with Crippen molar-refractivity contribution in [2.75, 3.05) is 23.3 Å². The number of amides is 1. The van der Waals surface area contributed by atoms with Crippen LogP contribution in [0.4, 0.5) is 11.4 Å². The molecule has 2 aromatic rings. The molecule has 0 radical (unpaired) electrons. The number of aromatic nitrogens is 2. The van der Waals surface area contributed by atoms with Gasteiger partial charge < -0.3 is 10.2 Å². The summed E-state index contributed by atoms with van der Waals surface area (Å²) in [4.78, 5) is 14.7. The Bertz CT molecular complexity index is 634. The maximum absolute atomic E-state index is 12.5. The highest BCUT2D eigenvalue weighted by Gasteiger charge is 2.19. The second kappa shape index (κ2) is 8.02. The van der Waals surface area contributed by atoms with Gasteiger partial charge in [0, 0.05) is 30.7 Å².